The topological polar surface area (TPSA) is 50.4 Å². The molecule has 1 aliphatic rings. The Hall–Kier alpha value is -0.930. The van der Waals surface area contributed by atoms with E-state index in [1.54, 1.807) is 11.8 Å². The van der Waals surface area contributed by atoms with Crippen LogP contribution in [0.25, 0.3) is 0 Å². The van der Waals surface area contributed by atoms with Crippen LogP contribution in [0.2, 0.25) is 0 Å². The lowest BCUT2D eigenvalue weighted by molar-refractivity contribution is -0.274. The maximum absolute atomic E-state index is 12.2. The molecule has 1 atom stereocenters. The number of amides is 1. The zero-order chi connectivity index (χ0) is 15.5. The minimum absolute atomic E-state index is 0.114. The number of ether oxygens (including phenoxy) is 1. The summed E-state index contributed by atoms with van der Waals surface area (Å²) >= 11 is 4.67. The molecule has 1 heterocycles. The fourth-order valence-corrected chi connectivity index (χ4v) is 3.14. The van der Waals surface area contributed by atoms with Gasteiger partial charge >= 0.3 is 6.36 Å². The second-order valence-electron chi connectivity index (χ2n) is 4.26. The molecular weight excluding hydrogens is 373 g/mol. The third kappa shape index (κ3) is 5.08. The van der Waals surface area contributed by atoms with E-state index >= 15 is 0 Å². The van der Waals surface area contributed by atoms with E-state index < -0.39 is 6.36 Å². The van der Waals surface area contributed by atoms with Crippen molar-refractivity contribution >= 4 is 39.3 Å². The van der Waals surface area contributed by atoms with Gasteiger partial charge in [0.2, 0.25) is 5.91 Å². The van der Waals surface area contributed by atoms with Gasteiger partial charge < -0.3 is 15.4 Å². The van der Waals surface area contributed by atoms with E-state index in [9.17, 15) is 18.0 Å². The summed E-state index contributed by atoms with van der Waals surface area (Å²) in [5.41, 5.74) is 0.402. The molecule has 1 aromatic rings. The first-order valence-corrected chi connectivity index (χ1v) is 7.97. The Morgan fingerprint density at radius 2 is 2.24 bits per heavy atom. The predicted octanol–water partition coefficient (Wildman–Crippen LogP) is 2.99. The molecule has 0 aromatic heterocycles. The van der Waals surface area contributed by atoms with Crippen LogP contribution in [0.3, 0.4) is 0 Å². The van der Waals surface area contributed by atoms with Crippen molar-refractivity contribution in [3.63, 3.8) is 0 Å². The number of carbonyl (C=O) groups excluding carboxylic acids is 1. The number of carbonyl (C=O) groups is 1. The molecule has 1 fully saturated rings. The van der Waals surface area contributed by atoms with Gasteiger partial charge in [0, 0.05) is 23.7 Å². The number of rotatable bonds is 3. The van der Waals surface area contributed by atoms with Gasteiger partial charge in [-0.2, -0.15) is 11.8 Å². The molecule has 116 valence electrons. The Kier molecular flexibility index (Phi) is 5.39. The highest BCUT2D eigenvalue weighted by Gasteiger charge is 2.32. The molecule has 21 heavy (non-hydrogen) atoms. The zero-order valence-electron chi connectivity index (χ0n) is 10.7. The minimum atomic E-state index is -4.75. The lowest BCUT2D eigenvalue weighted by Gasteiger charge is -2.22. The molecule has 1 aromatic carbocycles. The van der Waals surface area contributed by atoms with E-state index in [2.05, 4.69) is 31.3 Å². The van der Waals surface area contributed by atoms with E-state index in [1.165, 1.54) is 12.1 Å². The maximum Gasteiger partial charge on any atom is 0.573 e. The smallest absolute Gasteiger partial charge is 0.405 e. The summed E-state index contributed by atoms with van der Waals surface area (Å²) in [7, 11) is 0. The van der Waals surface area contributed by atoms with Gasteiger partial charge in [-0.3, -0.25) is 4.79 Å². The lowest BCUT2D eigenvalue weighted by atomic mass is 10.2. The van der Waals surface area contributed by atoms with Crippen molar-refractivity contribution in [3.05, 3.63) is 22.7 Å². The van der Waals surface area contributed by atoms with Crippen molar-refractivity contribution in [1.82, 2.24) is 5.32 Å². The first-order chi connectivity index (χ1) is 9.85. The first kappa shape index (κ1) is 16.4. The monoisotopic (exact) mass is 384 g/mol. The summed E-state index contributed by atoms with van der Waals surface area (Å²) in [6, 6.07) is 3.58. The Bertz CT molecular complexity index is 522. The molecule has 0 aliphatic carbocycles. The predicted molar refractivity (Wildman–Crippen MR) is 78.6 cm³/mol. The van der Waals surface area contributed by atoms with E-state index in [1.807, 2.05) is 0 Å². The fourth-order valence-electron chi connectivity index (χ4n) is 1.75. The highest BCUT2D eigenvalue weighted by molar-refractivity contribution is 9.10. The number of nitrogens with one attached hydrogen (secondary N) is 2. The normalized spacial score (nSPS) is 19.1. The molecule has 0 saturated carbocycles. The molecule has 1 unspecified atom stereocenters. The van der Waals surface area contributed by atoms with Gasteiger partial charge in [-0.15, -0.1) is 13.2 Å². The average Bonchev–Trinajstić information content (AvgIpc) is 2.41. The third-order valence-corrected chi connectivity index (χ3v) is 4.34. The van der Waals surface area contributed by atoms with Gasteiger partial charge in [0.05, 0.1) is 10.5 Å². The SMILES string of the molecule is O=C(Nc1ccc(OC(F)(F)F)c(Br)c1)C1CSCCN1. The van der Waals surface area contributed by atoms with Crippen LogP contribution in [0.15, 0.2) is 22.7 Å². The molecule has 1 saturated heterocycles. The number of hydrogen-bond donors (Lipinski definition) is 2. The van der Waals surface area contributed by atoms with Crippen molar-refractivity contribution < 1.29 is 22.7 Å². The second-order valence-corrected chi connectivity index (χ2v) is 6.27. The van der Waals surface area contributed by atoms with Crippen LogP contribution in [-0.4, -0.2) is 36.4 Å². The van der Waals surface area contributed by atoms with Crippen LogP contribution >= 0.6 is 27.7 Å². The van der Waals surface area contributed by atoms with Crippen LogP contribution in [0, 0.1) is 0 Å². The quantitative estimate of drug-likeness (QED) is 0.840. The lowest BCUT2D eigenvalue weighted by Crippen LogP contribution is -2.46. The zero-order valence-corrected chi connectivity index (χ0v) is 13.1. The highest BCUT2D eigenvalue weighted by atomic mass is 79.9. The molecule has 1 amide bonds. The number of anilines is 1. The van der Waals surface area contributed by atoms with Crippen LogP contribution < -0.4 is 15.4 Å². The summed E-state index contributed by atoms with van der Waals surface area (Å²) < 4.78 is 40.4. The number of alkyl halides is 3. The Balaban J connectivity index is 2.01. The van der Waals surface area contributed by atoms with Gasteiger partial charge in [-0.1, -0.05) is 0 Å². The Morgan fingerprint density at radius 1 is 1.48 bits per heavy atom. The first-order valence-electron chi connectivity index (χ1n) is 6.02. The summed E-state index contributed by atoms with van der Waals surface area (Å²) in [4.78, 5) is 12.0. The van der Waals surface area contributed by atoms with Crippen LogP contribution in [0.5, 0.6) is 5.75 Å². The second kappa shape index (κ2) is 6.89. The van der Waals surface area contributed by atoms with Crippen molar-refractivity contribution in [1.29, 1.82) is 0 Å². The van der Waals surface area contributed by atoms with E-state index in [0.29, 0.717) is 11.4 Å². The van der Waals surface area contributed by atoms with E-state index in [4.69, 9.17) is 0 Å². The minimum Gasteiger partial charge on any atom is -0.405 e. The van der Waals surface area contributed by atoms with Crippen molar-refractivity contribution in [3.8, 4) is 5.75 Å². The van der Waals surface area contributed by atoms with Gasteiger partial charge in [-0.25, -0.2) is 0 Å². The number of halogens is 4. The van der Waals surface area contributed by atoms with Crippen molar-refractivity contribution in [2.24, 2.45) is 0 Å². The van der Waals surface area contributed by atoms with E-state index in [-0.39, 0.29) is 22.2 Å². The van der Waals surface area contributed by atoms with Gasteiger partial charge in [0.25, 0.3) is 0 Å². The average molecular weight is 385 g/mol. The summed E-state index contributed by atoms with van der Waals surface area (Å²) in [5, 5.41) is 5.74. The number of hydrogen-bond acceptors (Lipinski definition) is 4. The largest absolute Gasteiger partial charge is 0.573 e. The van der Waals surface area contributed by atoms with Gasteiger partial charge in [-0.05, 0) is 34.1 Å². The van der Waals surface area contributed by atoms with Gasteiger partial charge in [0.15, 0.2) is 0 Å². The van der Waals surface area contributed by atoms with Gasteiger partial charge in [0.1, 0.15) is 5.75 Å². The molecule has 4 nitrogen and oxygen atoms in total. The summed E-state index contributed by atoms with van der Waals surface area (Å²) in [6.45, 7) is 0.755. The Morgan fingerprint density at radius 3 is 2.81 bits per heavy atom. The van der Waals surface area contributed by atoms with Crippen molar-refractivity contribution in [2.45, 2.75) is 12.4 Å². The molecule has 0 radical (unpaired) electrons. The molecule has 0 spiro atoms. The summed E-state index contributed by atoms with van der Waals surface area (Å²) in [5.74, 6) is 1.06. The van der Waals surface area contributed by atoms with Crippen LogP contribution in [-0.2, 0) is 4.79 Å². The highest BCUT2D eigenvalue weighted by Crippen LogP contribution is 2.32. The third-order valence-electron chi connectivity index (χ3n) is 2.66. The molecule has 9 heteroatoms. The maximum atomic E-state index is 12.2. The molecule has 0 bridgehead atoms. The Labute approximate surface area is 131 Å². The molecular formula is C12H12BrF3N2O2S. The number of benzene rings is 1. The van der Waals surface area contributed by atoms with Crippen LogP contribution in [0.4, 0.5) is 18.9 Å². The summed E-state index contributed by atoms with van der Waals surface area (Å²) in [6.07, 6.45) is -4.75. The number of thioether (sulfide) groups is 1. The molecule has 2 rings (SSSR count). The van der Waals surface area contributed by atoms with E-state index in [0.717, 1.165) is 18.4 Å². The molecule has 1 aliphatic heterocycles. The molecule has 2 N–H and O–H groups in total. The standard InChI is InChI=1S/C12H12BrF3N2O2S/c13-8-5-7(1-2-10(8)20-12(14,15)16)18-11(19)9-6-21-4-3-17-9/h1-2,5,9,17H,3-4,6H2,(H,18,19). The van der Waals surface area contributed by atoms with Crippen LogP contribution in [0.1, 0.15) is 0 Å². The fraction of sp³-hybridized carbons (Fsp3) is 0.417. The van der Waals surface area contributed by atoms with Crippen molar-refractivity contribution in [2.75, 3.05) is 23.4 Å².